The molecule has 0 spiro atoms. The molecule has 7 heteroatoms. The first-order chi connectivity index (χ1) is 9.56. The van der Waals surface area contributed by atoms with Crippen LogP contribution in [-0.2, 0) is 4.79 Å². The number of carboxylic acids is 1. The zero-order chi connectivity index (χ0) is 14.5. The molecule has 0 aromatic heterocycles. The van der Waals surface area contributed by atoms with Gasteiger partial charge in [0.1, 0.15) is 0 Å². The van der Waals surface area contributed by atoms with E-state index < -0.39 is 13.1 Å². The highest BCUT2D eigenvalue weighted by Gasteiger charge is 2.38. The van der Waals surface area contributed by atoms with E-state index in [1.807, 2.05) is 0 Å². The lowest BCUT2D eigenvalue weighted by Gasteiger charge is -2.20. The first-order valence-electron chi connectivity index (χ1n) is 7.61. The van der Waals surface area contributed by atoms with Crippen molar-refractivity contribution in [3.63, 3.8) is 0 Å². The summed E-state index contributed by atoms with van der Waals surface area (Å²) in [6, 6.07) is 0.502. The number of carboxylic acid groups (broad SMARTS) is 1. The smallest absolute Gasteiger partial charge is 0.451 e. The topological polar surface area (TPSA) is 93.0 Å². The molecule has 4 N–H and O–H groups in total. The number of likely N-dealkylation sites (tertiary alicyclic amines) is 1. The molecule has 2 rings (SSSR count). The molecule has 2 aliphatic heterocycles. The standard InChI is InChI=1S/C13H25BN2O4/c17-13(18)12-9-16(8-11-4-2-6-15-11)7-10(12)3-1-5-14(19)20/h10-12,15,19-20H,1-9H2,(H,17,18). The van der Waals surface area contributed by atoms with Crippen molar-refractivity contribution in [2.24, 2.45) is 11.8 Å². The highest BCUT2D eigenvalue weighted by Crippen LogP contribution is 2.29. The molecule has 6 nitrogen and oxygen atoms in total. The molecule has 0 saturated carbocycles. The van der Waals surface area contributed by atoms with Crippen LogP contribution in [0.2, 0.25) is 6.32 Å². The summed E-state index contributed by atoms with van der Waals surface area (Å²) in [5.41, 5.74) is 0. The number of nitrogens with zero attached hydrogens (tertiary/aromatic N) is 1. The van der Waals surface area contributed by atoms with Gasteiger partial charge >= 0.3 is 13.1 Å². The molecule has 3 unspecified atom stereocenters. The summed E-state index contributed by atoms with van der Waals surface area (Å²) in [6.07, 6.45) is 4.13. The van der Waals surface area contributed by atoms with Crippen LogP contribution >= 0.6 is 0 Å². The summed E-state index contributed by atoms with van der Waals surface area (Å²) in [5, 5.41) is 30.5. The SMILES string of the molecule is O=C(O)C1CN(CC2CCCN2)CC1CCCB(O)O. The van der Waals surface area contributed by atoms with Gasteiger partial charge in [0.15, 0.2) is 0 Å². The minimum Gasteiger partial charge on any atom is -0.481 e. The van der Waals surface area contributed by atoms with E-state index >= 15 is 0 Å². The highest BCUT2D eigenvalue weighted by molar-refractivity contribution is 6.40. The number of carbonyl (C=O) groups is 1. The molecular formula is C13H25BN2O4. The molecule has 0 aromatic rings. The summed E-state index contributed by atoms with van der Waals surface area (Å²) in [7, 11) is -1.28. The highest BCUT2D eigenvalue weighted by atomic mass is 16.4. The molecule has 3 atom stereocenters. The van der Waals surface area contributed by atoms with Gasteiger partial charge in [0.25, 0.3) is 0 Å². The van der Waals surface area contributed by atoms with Crippen molar-refractivity contribution < 1.29 is 19.9 Å². The van der Waals surface area contributed by atoms with Crippen molar-refractivity contribution in [2.75, 3.05) is 26.2 Å². The fraction of sp³-hybridized carbons (Fsp3) is 0.923. The van der Waals surface area contributed by atoms with Gasteiger partial charge in [-0.25, -0.2) is 0 Å². The van der Waals surface area contributed by atoms with E-state index in [9.17, 15) is 9.90 Å². The minimum absolute atomic E-state index is 0.132. The van der Waals surface area contributed by atoms with Gasteiger partial charge in [-0.1, -0.05) is 6.42 Å². The monoisotopic (exact) mass is 284 g/mol. The van der Waals surface area contributed by atoms with Crippen LogP contribution in [-0.4, -0.2) is 65.4 Å². The molecule has 0 amide bonds. The first-order valence-corrected chi connectivity index (χ1v) is 7.61. The average Bonchev–Trinajstić information content (AvgIpc) is 2.99. The third-order valence-electron chi connectivity index (χ3n) is 4.51. The molecule has 0 bridgehead atoms. The Bertz CT molecular complexity index is 323. The van der Waals surface area contributed by atoms with E-state index in [2.05, 4.69) is 10.2 Å². The summed E-state index contributed by atoms with van der Waals surface area (Å²) in [5.74, 6) is -0.902. The average molecular weight is 284 g/mol. The Labute approximate surface area is 120 Å². The number of hydrogen-bond acceptors (Lipinski definition) is 5. The fourth-order valence-electron chi connectivity index (χ4n) is 3.47. The van der Waals surface area contributed by atoms with Gasteiger partial charge in [-0.15, -0.1) is 0 Å². The predicted molar refractivity (Wildman–Crippen MR) is 76.3 cm³/mol. The van der Waals surface area contributed by atoms with Crippen molar-refractivity contribution in [3.05, 3.63) is 0 Å². The molecule has 20 heavy (non-hydrogen) atoms. The zero-order valence-corrected chi connectivity index (χ0v) is 11.9. The number of rotatable bonds is 7. The maximum atomic E-state index is 11.4. The number of hydrogen-bond donors (Lipinski definition) is 4. The second-order valence-electron chi connectivity index (χ2n) is 6.13. The molecule has 2 aliphatic rings. The summed E-state index contributed by atoms with van der Waals surface area (Å²) >= 11 is 0. The Hall–Kier alpha value is -0.625. The Balaban J connectivity index is 1.80. The largest absolute Gasteiger partial charge is 0.481 e. The van der Waals surface area contributed by atoms with Gasteiger partial charge in [0, 0.05) is 25.7 Å². The van der Waals surface area contributed by atoms with Crippen LogP contribution in [0.1, 0.15) is 25.7 Å². The van der Waals surface area contributed by atoms with Crippen LogP contribution in [0, 0.1) is 11.8 Å². The van der Waals surface area contributed by atoms with E-state index in [-0.39, 0.29) is 11.8 Å². The van der Waals surface area contributed by atoms with Crippen LogP contribution in [0.5, 0.6) is 0 Å². The maximum Gasteiger partial charge on any atom is 0.451 e. The van der Waals surface area contributed by atoms with Crippen LogP contribution < -0.4 is 5.32 Å². The third-order valence-corrected chi connectivity index (χ3v) is 4.51. The third kappa shape index (κ3) is 4.44. The molecule has 0 aliphatic carbocycles. The fourth-order valence-corrected chi connectivity index (χ4v) is 3.47. The summed E-state index contributed by atoms with van der Waals surface area (Å²) < 4.78 is 0. The van der Waals surface area contributed by atoms with Crippen molar-refractivity contribution in [1.82, 2.24) is 10.2 Å². The molecule has 2 saturated heterocycles. The van der Waals surface area contributed by atoms with Gasteiger partial charge in [0.2, 0.25) is 0 Å². The molecular weight excluding hydrogens is 259 g/mol. The van der Waals surface area contributed by atoms with Gasteiger partial charge in [-0.2, -0.15) is 0 Å². The quantitative estimate of drug-likeness (QED) is 0.476. The van der Waals surface area contributed by atoms with Crippen molar-refractivity contribution in [2.45, 2.75) is 38.0 Å². The Morgan fingerprint density at radius 2 is 2.15 bits per heavy atom. The van der Waals surface area contributed by atoms with Crippen LogP contribution in [0.15, 0.2) is 0 Å². The molecule has 2 heterocycles. The Kier molecular flexibility index (Phi) is 5.83. The van der Waals surface area contributed by atoms with Gasteiger partial charge in [-0.3, -0.25) is 4.79 Å². The van der Waals surface area contributed by atoms with Crippen LogP contribution in [0.4, 0.5) is 0 Å². The van der Waals surface area contributed by atoms with Gasteiger partial charge in [-0.05, 0) is 38.0 Å². The second kappa shape index (κ2) is 7.40. The van der Waals surface area contributed by atoms with E-state index in [0.29, 0.717) is 25.3 Å². The summed E-state index contributed by atoms with van der Waals surface area (Å²) in [6.45, 7) is 3.44. The minimum atomic E-state index is -1.28. The van der Waals surface area contributed by atoms with Gasteiger partial charge in [0.05, 0.1) is 5.92 Å². The normalized spacial score (nSPS) is 30.8. The van der Waals surface area contributed by atoms with E-state index in [1.54, 1.807) is 0 Å². The van der Waals surface area contributed by atoms with Gasteiger partial charge < -0.3 is 25.4 Å². The van der Waals surface area contributed by atoms with Crippen LogP contribution in [0.3, 0.4) is 0 Å². The van der Waals surface area contributed by atoms with Crippen molar-refractivity contribution in [1.29, 1.82) is 0 Å². The second-order valence-corrected chi connectivity index (χ2v) is 6.13. The Morgan fingerprint density at radius 1 is 1.35 bits per heavy atom. The molecule has 114 valence electrons. The number of aliphatic carboxylic acids is 1. The maximum absolute atomic E-state index is 11.4. The summed E-state index contributed by atoms with van der Waals surface area (Å²) in [4.78, 5) is 13.6. The van der Waals surface area contributed by atoms with E-state index in [1.165, 1.54) is 12.8 Å². The van der Waals surface area contributed by atoms with Crippen LogP contribution in [0.25, 0.3) is 0 Å². The molecule has 0 radical (unpaired) electrons. The Morgan fingerprint density at radius 3 is 2.75 bits per heavy atom. The molecule has 2 fully saturated rings. The lowest BCUT2D eigenvalue weighted by atomic mass is 9.80. The van der Waals surface area contributed by atoms with Crippen molar-refractivity contribution in [3.8, 4) is 0 Å². The predicted octanol–water partition coefficient (Wildman–Crippen LogP) is -0.376. The van der Waals surface area contributed by atoms with E-state index in [4.69, 9.17) is 10.0 Å². The van der Waals surface area contributed by atoms with Crippen molar-refractivity contribution >= 4 is 13.1 Å². The first kappa shape index (κ1) is 15.8. The number of nitrogens with one attached hydrogen (secondary N) is 1. The lowest BCUT2D eigenvalue weighted by molar-refractivity contribution is -0.142. The molecule has 0 aromatic carbocycles. The lowest BCUT2D eigenvalue weighted by Crippen LogP contribution is -2.36. The zero-order valence-electron chi connectivity index (χ0n) is 11.9. The van der Waals surface area contributed by atoms with E-state index in [0.717, 1.165) is 26.1 Å².